The molecule has 0 radical (unpaired) electrons. The number of piperidine rings is 1. The first-order chi connectivity index (χ1) is 13.8. The third-order valence-corrected chi connectivity index (χ3v) is 5.78. The molecule has 156 valence electrons. The van der Waals surface area contributed by atoms with Crippen molar-refractivity contribution in [2.24, 2.45) is 0 Å². The van der Waals surface area contributed by atoms with Crippen molar-refractivity contribution in [3.8, 4) is 10.4 Å². The maximum Gasteiger partial charge on any atom is 0.411 e. The molecule has 6 nitrogen and oxygen atoms in total. The Labute approximate surface area is 175 Å². The number of thiophene rings is 1. The summed E-state index contributed by atoms with van der Waals surface area (Å²) in [5.41, 5.74) is 1.16. The molecule has 3 rings (SSSR count). The zero-order chi connectivity index (χ0) is 21.0. The van der Waals surface area contributed by atoms with Gasteiger partial charge in [-0.1, -0.05) is 30.3 Å². The molecule has 1 aromatic heterocycles. The number of likely N-dealkylation sites (tertiary alicyclic amines) is 1. The summed E-state index contributed by atoms with van der Waals surface area (Å²) in [6.07, 6.45) is 2.14. The zero-order valence-electron chi connectivity index (χ0n) is 17.4. The van der Waals surface area contributed by atoms with E-state index >= 15 is 0 Å². The van der Waals surface area contributed by atoms with Gasteiger partial charge in [-0.2, -0.15) is 0 Å². The number of hydrogen-bond acceptors (Lipinski definition) is 6. The van der Waals surface area contributed by atoms with E-state index in [2.05, 4.69) is 5.32 Å². The van der Waals surface area contributed by atoms with Crippen LogP contribution < -0.4 is 5.32 Å². The Balaban J connectivity index is 1.87. The van der Waals surface area contributed by atoms with Gasteiger partial charge in [-0.25, -0.2) is 9.59 Å². The van der Waals surface area contributed by atoms with Gasteiger partial charge in [0.2, 0.25) is 0 Å². The van der Waals surface area contributed by atoms with Gasteiger partial charge in [0.25, 0.3) is 0 Å². The minimum absolute atomic E-state index is 0.236. The van der Waals surface area contributed by atoms with E-state index in [0.717, 1.165) is 29.7 Å². The highest BCUT2D eigenvalue weighted by Gasteiger charge is 2.31. The van der Waals surface area contributed by atoms with Gasteiger partial charge in [-0.05, 0) is 51.7 Å². The van der Waals surface area contributed by atoms with Crippen molar-refractivity contribution in [3.63, 3.8) is 0 Å². The van der Waals surface area contributed by atoms with Gasteiger partial charge in [-0.15, -0.1) is 11.3 Å². The Morgan fingerprint density at radius 3 is 2.55 bits per heavy atom. The van der Waals surface area contributed by atoms with E-state index in [0.29, 0.717) is 17.1 Å². The number of rotatable bonds is 4. The molecule has 2 aromatic rings. The smallest absolute Gasteiger partial charge is 0.411 e. The summed E-state index contributed by atoms with van der Waals surface area (Å²) in [5.74, 6) is -0.390. The maximum atomic E-state index is 12.7. The molecule has 1 unspecified atom stereocenters. The zero-order valence-corrected chi connectivity index (χ0v) is 18.2. The van der Waals surface area contributed by atoms with Crippen LogP contribution in [-0.4, -0.2) is 42.4 Å². The van der Waals surface area contributed by atoms with E-state index in [1.54, 1.807) is 4.90 Å². The molecule has 0 aliphatic carbocycles. The fourth-order valence-electron chi connectivity index (χ4n) is 3.29. The van der Waals surface area contributed by atoms with Crippen LogP contribution in [0.3, 0.4) is 0 Å². The number of carbonyl (C=O) groups excluding carboxylic acids is 2. The van der Waals surface area contributed by atoms with Gasteiger partial charge in [0, 0.05) is 11.4 Å². The Morgan fingerprint density at radius 1 is 1.17 bits per heavy atom. The van der Waals surface area contributed by atoms with E-state index in [9.17, 15) is 9.59 Å². The average molecular weight is 417 g/mol. The molecular formula is C22H28N2O4S. The highest BCUT2D eigenvalue weighted by molar-refractivity contribution is 7.18. The Bertz CT molecular complexity index is 857. The third-order valence-electron chi connectivity index (χ3n) is 4.61. The predicted octanol–water partition coefficient (Wildman–Crippen LogP) is 5.36. The number of ether oxygens (including phenoxy) is 2. The van der Waals surface area contributed by atoms with Crippen LogP contribution in [0.5, 0.6) is 0 Å². The number of anilines is 1. The summed E-state index contributed by atoms with van der Waals surface area (Å²) in [6.45, 7) is 6.20. The lowest BCUT2D eigenvalue weighted by molar-refractivity contribution is 0.0130. The minimum Gasteiger partial charge on any atom is -0.465 e. The van der Waals surface area contributed by atoms with Crippen molar-refractivity contribution in [3.05, 3.63) is 41.3 Å². The molecule has 0 spiro atoms. The number of amides is 1. The van der Waals surface area contributed by atoms with Crippen LogP contribution in [0.2, 0.25) is 0 Å². The van der Waals surface area contributed by atoms with E-state index in [1.807, 2.05) is 57.2 Å². The highest BCUT2D eigenvalue weighted by atomic mass is 32.1. The molecule has 1 fully saturated rings. The van der Waals surface area contributed by atoms with Gasteiger partial charge >= 0.3 is 12.1 Å². The van der Waals surface area contributed by atoms with E-state index in [1.165, 1.54) is 18.4 Å². The second-order valence-electron chi connectivity index (χ2n) is 8.04. The maximum absolute atomic E-state index is 12.7. The Hall–Kier alpha value is -2.54. The van der Waals surface area contributed by atoms with Crippen LogP contribution >= 0.6 is 11.3 Å². The molecule has 1 aliphatic heterocycles. The largest absolute Gasteiger partial charge is 0.465 e. The molecule has 1 aromatic carbocycles. The molecule has 1 N–H and O–H groups in total. The molecule has 1 atom stereocenters. The molecule has 29 heavy (non-hydrogen) atoms. The van der Waals surface area contributed by atoms with E-state index in [-0.39, 0.29) is 18.2 Å². The summed E-state index contributed by atoms with van der Waals surface area (Å²) in [7, 11) is 1.38. The monoisotopic (exact) mass is 416 g/mol. The number of esters is 1. The topological polar surface area (TPSA) is 67.9 Å². The SMILES string of the molecule is COC(=O)c1sc(-c2ccccc2)cc1NC1CCCCN1C(=O)OC(C)(C)C. The first-order valence-corrected chi connectivity index (χ1v) is 10.6. The van der Waals surface area contributed by atoms with Gasteiger partial charge in [-0.3, -0.25) is 4.90 Å². The van der Waals surface area contributed by atoms with Crippen molar-refractivity contribution in [1.29, 1.82) is 0 Å². The highest BCUT2D eigenvalue weighted by Crippen LogP contribution is 2.36. The second-order valence-corrected chi connectivity index (χ2v) is 9.09. The van der Waals surface area contributed by atoms with Crippen LogP contribution in [0.25, 0.3) is 10.4 Å². The summed E-state index contributed by atoms with van der Waals surface area (Å²) >= 11 is 1.38. The van der Waals surface area contributed by atoms with E-state index < -0.39 is 5.60 Å². The summed E-state index contributed by atoms with van der Waals surface area (Å²) in [6, 6.07) is 11.8. The molecule has 1 aliphatic rings. The Morgan fingerprint density at radius 2 is 1.90 bits per heavy atom. The summed E-state index contributed by atoms with van der Waals surface area (Å²) < 4.78 is 10.6. The number of benzene rings is 1. The molecular weight excluding hydrogens is 388 g/mol. The number of carbonyl (C=O) groups is 2. The number of nitrogens with zero attached hydrogens (tertiary/aromatic N) is 1. The fourth-order valence-corrected chi connectivity index (χ4v) is 4.33. The van der Waals surface area contributed by atoms with Crippen LogP contribution in [0.1, 0.15) is 49.7 Å². The van der Waals surface area contributed by atoms with Crippen LogP contribution in [-0.2, 0) is 9.47 Å². The molecule has 0 saturated carbocycles. The lowest BCUT2D eigenvalue weighted by Gasteiger charge is -2.37. The van der Waals surface area contributed by atoms with Gasteiger partial charge in [0.1, 0.15) is 16.6 Å². The van der Waals surface area contributed by atoms with Gasteiger partial charge in [0.05, 0.1) is 12.8 Å². The number of hydrogen-bond donors (Lipinski definition) is 1. The lowest BCUT2D eigenvalue weighted by Crippen LogP contribution is -2.49. The van der Waals surface area contributed by atoms with Crippen molar-refractivity contribution in [1.82, 2.24) is 4.90 Å². The molecule has 1 amide bonds. The lowest BCUT2D eigenvalue weighted by atomic mass is 10.1. The standard InChI is InChI=1S/C22H28N2O4S/c1-22(2,3)28-21(26)24-13-9-8-12-18(24)23-16-14-17(15-10-6-5-7-11-15)29-19(16)20(25)27-4/h5-7,10-11,14,18,23H,8-9,12-13H2,1-4H3. The molecule has 2 heterocycles. The minimum atomic E-state index is -0.556. The van der Waals surface area contributed by atoms with Crippen molar-refractivity contribution < 1.29 is 19.1 Å². The average Bonchev–Trinajstić information content (AvgIpc) is 3.11. The number of methoxy groups -OCH3 is 1. The van der Waals surface area contributed by atoms with Crippen molar-refractivity contribution >= 4 is 29.1 Å². The van der Waals surface area contributed by atoms with Crippen LogP contribution in [0.4, 0.5) is 10.5 Å². The predicted molar refractivity (Wildman–Crippen MR) is 115 cm³/mol. The number of nitrogens with one attached hydrogen (secondary N) is 1. The Kier molecular flexibility index (Phi) is 6.47. The van der Waals surface area contributed by atoms with Gasteiger partial charge < -0.3 is 14.8 Å². The molecule has 7 heteroatoms. The van der Waals surface area contributed by atoms with Crippen molar-refractivity contribution in [2.75, 3.05) is 19.0 Å². The third kappa shape index (κ3) is 5.29. The molecule has 1 saturated heterocycles. The van der Waals surface area contributed by atoms with Crippen molar-refractivity contribution in [2.45, 2.75) is 51.8 Å². The quantitative estimate of drug-likeness (QED) is 0.680. The van der Waals surface area contributed by atoms with Crippen LogP contribution in [0.15, 0.2) is 36.4 Å². The first-order valence-electron chi connectivity index (χ1n) is 9.82. The molecule has 0 bridgehead atoms. The fraction of sp³-hybridized carbons (Fsp3) is 0.455. The van der Waals surface area contributed by atoms with Gasteiger partial charge in [0.15, 0.2) is 0 Å². The summed E-state index contributed by atoms with van der Waals surface area (Å²) in [5, 5.41) is 3.41. The second kappa shape index (κ2) is 8.86. The van der Waals surface area contributed by atoms with E-state index in [4.69, 9.17) is 9.47 Å². The summed E-state index contributed by atoms with van der Waals surface area (Å²) in [4.78, 5) is 28.2. The first kappa shape index (κ1) is 21.2. The normalized spacial score (nSPS) is 17.0. The van der Waals surface area contributed by atoms with Crippen LogP contribution in [0, 0.1) is 0 Å².